The summed E-state index contributed by atoms with van der Waals surface area (Å²) in [5.41, 5.74) is 1.22. The minimum atomic E-state index is 0.569. The molecule has 1 aliphatic rings. The van der Waals surface area contributed by atoms with Crippen LogP contribution in [0.5, 0.6) is 0 Å². The summed E-state index contributed by atoms with van der Waals surface area (Å²) in [6.07, 6.45) is 4.30. The first-order valence-corrected chi connectivity index (χ1v) is 8.58. The van der Waals surface area contributed by atoms with E-state index in [2.05, 4.69) is 23.1 Å². The van der Waals surface area contributed by atoms with Gasteiger partial charge in [-0.1, -0.05) is 29.8 Å². The van der Waals surface area contributed by atoms with Gasteiger partial charge in [0.25, 0.3) is 0 Å². The van der Waals surface area contributed by atoms with E-state index in [-0.39, 0.29) is 0 Å². The summed E-state index contributed by atoms with van der Waals surface area (Å²) < 4.78 is 4.80. The third-order valence-electron chi connectivity index (χ3n) is 3.95. The molecule has 1 aromatic carbocycles. The van der Waals surface area contributed by atoms with Gasteiger partial charge in [0.2, 0.25) is 0 Å². The Morgan fingerprint density at radius 2 is 2.09 bits per heavy atom. The van der Waals surface area contributed by atoms with E-state index in [1.807, 2.05) is 35.0 Å². The van der Waals surface area contributed by atoms with Crippen LogP contribution in [0.15, 0.2) is 36.9 Å². The normalized spacial score (nSPS) is 14.4. The summed E-state index contributed by atoms with van der Waals surface area (Å²) in [6.45, 7) is 6.05. The number of allylic oxidation sites excluding steroid dienone is 1. The molecule has 0 spiro atoms. The molecule has 3 rings (SSSR count). The molecule has 2 aromatic rings. The standard InChI is InChI=1S/C17H21ClN4S/c1-3-10-21-16(14-6-7-14)19-22(17(21)23)12-20(2)11-13-4-8-15(18)9-5-13/h3-5,8-9,14H,1,6-7,10-12H2,2H3. The molecule has 4 nitrogen and oxygen atoms in total. The topological polar surface area (TPSA) is 26.0 Å². The molecular formula is C17H21ClN4S. The van der Waals surface area contributed by atoms with Crippen molar-refractivity contribution >= 4 is 23.8 Å². The van der Waals surface area contributed by atoms with Gasteiger partial charge in [-0.25, -0.2) is 4.68 Å². The Bertz CT molecular complexity index is 743. The fourth-order valence-electron chi connectivity index (χ4n) is 2.67. The number of nitrogens with zero attached hydrogens (tertiary/aromatic N) is 4. The molecule has 1 aromatic heterocycles. The van der Waals surface area contributed by atoms with Crippen molar-refractivity contribution in [3.63, 3.8) is 0 Å². The molecule has 1 saturated carbocycles. The van der Waals surface area contributed by atoms with Crippen LogP contribution in [0.4, 0.5) is 0 Å². The lowest BCUT2D eigenvalue weighted by Crippen LogP contribution is -2.22. The summed E-state index contributed by atoms with van der Waals surface area (Å²) >= 11 is 11.5. The summed E-state index contributed by atoms with van der Waals surface area (Å²) in [5.74, 6) is 1.68. The minimum absolute atomic E-state index is 0.569. The number of hydrogen-bond acceptors (Lipinski definition) is 3. The van der Waals surface area contributed by atoms with Gasteiger partial charge < -0.3 is 0 Å². The lowest BCUT2D eigenvalue weighted by Gasteiger charge is -2.16. The van der Waals surface area contributed by atoms with Crippen LogP contribution in [-0.2, 0) is 19.8 Å². The largest absolute Gasteiger partial charge is 0.300 e. The van der Waals surface area contributed by atoms with Crippen molar-refractivity contribution in [1.82, 2.24) is 19.2 Å². The predicted octanol–water partition coefficient (Wildman–Crippen LogP) is 4.22. The Labute approximate surface area is 147 Å². The van der Waals surface area contributed by atoms with Gasteiger partial charge in [0.1, 0.15) is 5.82 Å². The molecule has 0 atom stereocenters. The number of benzene rings is 1. The highest BCUT2D eigenvalue weighted by atomic mass is 35.5. The van der Waals surface area contributed by atoms with E-state index in [1.165, 1.54) is 18.4 Å². The van der Waals surface area contributed by atoms with Crippen LogP contribution >= 0.6 is 23.8 Å². The van der Waals surface area contributed by atoms with Crippen molar-refractivity contribution in [3.05, 3.63) is 58.1 Å². The first-order chi connectivity index (χ1) is 11.1. The third-order valence-corrected chi connectivity index (χ3v) is 4.63. The van der Waals surface area contributed by atoms with Crippen LogP contribution in [0.1, 0.15) is 30.1 Å². The molecule has 6 heteroatoms. The number of halogens is 1. The molecule has 1 heterocycles. The van der Waals surface area contributed by atoms with E-state index in [0.717, 1.165) is 28.7 Å². The van der Waals surface area contributed by atoms with Gasteiger partial charge in [0.05, 0.1) is 6.67 Å². The second kappa shape index (κ2) is 6.99. The lowest BCUT2D eigenvalue weighted by molar-refractivity contribution is 0.243. The zero-order valence-corrected chi connectivity index (χ0v) is 14.9. The van der Waals surface area contributed by atoms with Crippen LogP contribution in [0.2, 0.25) is 5.02 Å². The molecule has 0 unspecified atom stereocenters. The summed E-state index contributed by atoms with van der Waals surface area (Å²) in [4.78, 5) is 2.20. The molecule has 0 bridgehead atoms. The molecular weight excluding hydrogens is 328 g/mol. The van der Waals surface area contributed by atoms with Crippen molar-refractivity contribution in [2.45, 2.75) is 38.5 Å². The molecule has 1 aliphatic carbocycles. The Kier molecular flexibility index (Phi) is 4.99. The Balaban J connectivity index is 1.74. The Hall–Kier alpha value is -1.43. The van der Waals surface area contributed by atoms with Gasteiger partial charge in [-0.2, -0.15) is 5.10 Å². The first-order valence-electron chi connectivity index (χ1n) is 7.80. The molecule has 1 fully saturated rings. The van der Waals surface area contributed by atoms with E-state index >= 15 is 0 Å². The zero-order chi connectivity index (χ0) is 16.4. The second-order valence-corrected chi connectivity index (χ2v) is 6.90. The van der Waals surface area contributed by atoms with Crippen molar-refractivity contribution in [1.29, 1.82) is 0 Å². The molecule has 0 N–H and O–H groups in total. The average molecular weight is 349 g/mol. The summed E-state index contributed by atoms with van der Waals surface area (Å²) in [6, 6.07) is 7.93. The van der Waals surface area contributed by atoms with Gasteiger partial charge in [-0.15, -0.1) is 6.58 Å². The SMILES string of the molecule is C=CCn1c(C2CC2)nn(CN(C)Cc2ccc(Cl)cc2)c1=S. The molecule has 0 saturated heterocycles. The van der Waals surface area contributed by atoms with Crippen LogP contribution < -0.4 is 0 Å². The number of hydrogen-bond donors (Lipinski definition) is 0. The van der Waals surface area contributed by atoms with Crippen molar-refractivity contribution in [3.8, 4) is 0 Å². The predicted molar refractivity (Wildman–Crippen MR) is 96.1 cm³/mol. The molecule has 0 radical (unpaired) electrons. The van der Waals surface area contributed by atoms with Crippen LogP contribution in [-0.4, -0.2) is 26.3 Å². The average Bonchev–Trinajstić information content (AvgIpc) is 3.32. The second-order valence-electron chi connectivity index (χ2n) is 6.10. The molecule has 0 amide bonds. The van der Waals surface area contributed by atoms with E-state index in [9.17, 15) is 0 Å². The smallest absolute Gasteiger partial charge is 0.199 e. The summed E-state index contributed by atoms with van der Waals surface area (Å²) in [5, 5.41) is 5.51. The van der Waals surface area contributed by atoms with E-state index in [4.69, 9.17) is 28.9 Å². The van der Waals surface area contributed by atoms with Crippen molar-refractivity contribution < 1.29 is 0 Å². The number of aromatic nitrogens is 3. The van der Waals surface area contributed by atoms with Crippen molar-refractivity contribution in [2.24, 2.45) is 0 Å². The van der Waals surface area contributed by atoms with Gasteiger partial charge in [0.15, 0.2) is 4.77 Å². The van der Waals surface area contributed by atoms with E-state index in [0.29, 0.717) is 12.6 Å². The van der Waals surface area contributed by atoms with Gasteiger partial charge in [-0.3, -0.25) is 9.47 Å². The van der Waals surface area contributed by atoms with Gasteiger partial charge >= 0.3 is 0 Å². The van der Waals surface area contributed by atoms with Gasteiger partial charge in [0, 0.05) is 24.0 Å². The molecule has 122 valence electrons. The van der Waals surface area contributed by atoms with E-state index < -0.39 is 0 Å². The maximum Gasteiger partial charge on any atom is 0.199 e. The fraction of sp³-hybridized carbons (Fsp3) is 0.412. The lowest BCUT2D eigenvalue weighted by atomic mass is 10.2. The maximum absolute atomic E-state index is 5.93. The fourth-order valence-corrected chi connectivity index (χ4v) is 3.07. The maximum atomic E-state index is 5.93. The Morgan fingerprint density at radius 1 is 1.39 bits per heavy atom. The molecule has 23 heavy (non-hydrogen) atoms. The quantitative estimate of drug-likeness (QED) is 0.553. The van der Waals surface area contributed by atoms with Crippen molar-refractivity contribution in [2.75, 3.05) is 7.05 Å². The van der Waals surface area contributed by atoms with Gasteiger partial charge in [-0.05, 0) is 49.8 Å². The highest BCUT2D eigenvalue weighted by molar-refractivity contribution is 7.71. The van der Waals surface area contributed by atoms with Crippen LogP contribution in [0, 0.1) is 4.77 Å². The Morgan fingerprint density at radius 3 is 2.70 bits per heavy atom. The first kappa shape index (κ1) is 16.4. The minimum Gasteiger partial charge on any atom is -0.300 e. The van der Waals surface area contributed by atoms with Crippen LogP contribution in [0.25, 0.3) is 0 Å². The molecule has 0 aliphatic heterocycles. The van der Waals surface area contributed by atoms with Crippen LogP contribution in [0.3, 0.4) is 0 Å². The third kappa shape index (κ3) is 3.91. The number of rotatable bonds is 7. The summed E-state index contributed by atoms with van der Waals surface area (Å²) in [7, 11) is 2.07. The zero-order valence-electron chi connectivity index (χ0n) is 13.3. The monoisotopic (exact) mass is 348 g/mol. The highest BCUT2D eigenvalue weighted by Crippen LogP contribution is 2.39. The highest BCUT2D eigenvalue weighted by Gasteiger charge is 2.29. The van der Waals surface area contributed by atoms with E-state index in [1.54, 1.807) is 0 Å².